The summed E-state index contributed by atoms with van der Waals surface area (Å²) < 4.78 is 0. The number of nitrogens with zero attached hydrogens (tertiary/aromatic N) is 1. The number of hydrogen-bond acceptors (Lipinski definition) is 3. The van der Waals surface area contributed by atoms with E-state index in [1.165, 1.54) is 5.56 Å². The molecule has 0 spiro atoms. The van der Waals surface area contributed by atoms with Crippen molar-refractivity contribution < 1.29 is 4.79 Å². The first-order valence-corrected chi connectivity index (χ1v) is 6.75. The third-order valence-corrected chi connectivity index (χ3v) is 3.47. The molecule has 0 amide bonds. The van der Waals surface area contributed by atoms with E-state index < -0.39 is 0 Å². The van der Waals surface area contributed by atoms with Gasteiger partial charge in [0.05, 0.1) is 6.04 Å². The number of ketones is 1. The molecule has 1 N–H and O–H groups in total. The molecule has 1 aromatic rings. The van der Waals surface area contributed by atoms with Gasteiger partial charge in [0.2, 0.25) is 0 Å². The molecule has 1 heterocycles. The van der Waals surface area contributed by atoms with E-state index in [0.29, 0.717) is 0 Å². The Kier molecular flexibility index (Phi) is 4.50. The predicted molar refractivity (Wildman–Crippen MR) is 74.1 cm³/mol. The number of rotatable bonds is 4. The lowest BCUT2D eigenvalue weighted by atomic mass is 10.00. The summed E-state index contributed by atoms with van der Waals surface area (Å²) in [5.41, 5.74) is 2.13. The summed E-state index contributed by atoms with van der Waals surface area (Å²) in [6.07, 6.45) is 2.22. The number of carbonyl (C=O) groups is 1. The summed E-state index contributed by atoms with van der Waals surface area (Å²) in [5.74, 6) is 0.213. The van der Waals surface area contributed by atoms with Gasteiger partial charge in [0.1, 0.15) is 0 Å². The molecule has 1 atom stereocenters. The van der Waals surface area contributed by atoms with Gasteiger partial charge in [-0.1, -0.05) is 37.6 Å². The molecule has 3 heteroatoms. The fourth-order valence-corrected chi connectivity index (χ4v) is 2.40. The molecule has 1 fully saturated rings. The van der Waals surface area contributed by atoms with E-state index in [-0.39, 0.29) is 11.8 Å². The van der Waals surface area contributed by atoms with Crippen LogP contribution in [0, 0.1) is 0 Å². The van der Waals surface area contributed by atoms with Crippen LogP contribution in [-0.2, 0) is 6.42 Å². The second-order valence-electron chi connectivity index (χ2n) is 5.08. The Hall–Kier alpha value is -1.19. The van der Waals surface area contributed by atoms with Crippen LogP contribution in [0.4, 0.5) is 0 Å². The summed E-state index contributed by atoms with van der Waals surface area (Å²) in [4.78, 5) is 14.5. The lowest BCUT2D eigenvalue weighted by Crippen LogP contribution is -2.52. The molecule has 1 aromatic carbocycles. The topological polar surface area (TPSA) is 32.3 Å². The van der Waals surface area contributed by atoms with Gasteiger partial charge in [-0.15, -0.1) is 0 Å². The molecule has 1 unspecified atom stereocenters. The lowest BCUT2D eigenvalue weighted by Gasteiger charge is -2.29. The molecule has 1 saturated heterocycles. The van der Waals surface area contributed by atoms with Crippen LogP contribution in [0.5, 0.6) is 0 Å². The van der Waals surface area contributed by atoms with Crippen molar-refractivity contribution in [2.45, 2.75) is 25.8 Å². The van der Waals surface area contributed by atoms with Crippen LogP contribution in [0.1, 0.15) is 29.3 Å². The molecule has 0 aromatic heterocycles. The Morgan fingerprint density at radius 1 is 1.39 bits per heavy atom. The molecule has 1 aliphatic rings. The highest BCUT2D eigenvalue weighted by Gasteiger charge is 2.24. The number of likely N-dealkylation sites (N-methyl/N-ethyl adjacent to an activating group) is 1. The van der Waals surface area contributed by atoms with E-state index in [2.05, 4.69) is 36.3 Å². The van der Waals surface area contributed by atoms with Crippen LogP contribution in [0.15, 0.2) is 24.3 Å². The van der Waals surface area contributed by atoms with Crippen LogP contribution in [0.25, 0.3) is 0 Å². The molecule has 0 saturated carbocycles. The van der Waals surface area contributed by atoms with Gasteiger partial charge in [0.25, 0.3) is 0 Å². The van der Waals surface area contributed by atoms with Gasteiger partial charge in [-0.2, -0.15) is 0 Å². The fourth-order valence-electron chi connectivity index (χ4n) is 2.40. The van der Waals surface area contributed by atoms with Crippen molar-refractivity contribution in [3.8, 4) is 0 Å². The Bertz CT molecular complexity index is 399. The Balaban J connectivity index is 2.03. The summed E-state index contributed by atoms with van der Waals surface area (Å²) in [6, 6.07) is 8.01. The minimum absolute atomic E-state index is 0.0548. The van der Waals surface area contributed by atoms with E-state index in [0.717, 1.165) is 38.0 Å². The molecule has 0 radical (unpaired) electrons. The van der Waals surface area contributed by atoms with E-state index in [1.54, 1.807) is 0 Å². The zero-order valence-electron chi connectivity index (χ0n) is 11.3. The number of piperazine rings is 1. The van der Waals surface area contributed by atoms with Crippen molar-refractivity contribution in [2.75, 3.05) is 26.7 Å². The summed E-state index contributed by atoms with van der Waals surface area (Å²) in [7, 11) is 2.06. The standard InChI is InChI=1S/C15H22N2O/c1-3-4-12-5-7-13(8-6-12)15(18)14-11-17(2)10-9-16-14/h5-8,14,16H,3-4,9-11H2,1-2H3. The molecule has 0 aliphatic carbocycles. The van der Waals surface area contributed by atoms with E-state index >= 15 is 0 Å². The zero-order chi connectivity index (χ0) is 13.0. The number of aryl methyl sites for hydroxylation is 1. The van der Waals surface area contributed by atoms with Gasteiger partial charge in [-0.25, -0.2) is 0 Å². The van der Waals surface area contributed by atoms with Gasteiger partial charge < -0.3 is 10.2 Å². The summed E-state index contributed by atoms with van der Waals surface area (Å²) in [5, 5.41) is 3.30. The van der Waals surface area contributed by atoms with Gasteiger partial charge >= 0.3 is 0 Å². The SMILES string of the molecule is CCCc1ccc(C(=O)C2CN(C)CCN2)cc1. The minimum Gasteiger partial charge on any atom is -0.305 e. The highest BCUT2D eigenvalue weighted by Crippen LogP contribution is 2.10. The first-order chi connectivity index (χ1) is 8.70. The molecule has 2 rings (SSSR count). The maximum Gasteiger partial charge on any atom is 0.181 e. The molecular weight excluding hydrogens is 224 g/mol. The highest BCUT2D eigenvalue weighted by molar-refractivity contribution is 6.00. The third kappa shape index (κ3) is 3.18. The van der Waals surface area contributed by atoms with E-state index in [9.17, 15) is 4.79 Å². The first-order valence-electron chi connectivity index (χ1n) is 6.75. The van der Waals surface area contributed by atoms with Gasteiger partial charge in [-0.3, -0.25) is 4.79 Å². The first kappa shape index (κ1) is 13.2. The lowest BCUT2D eigenvalue weighted by molar-refractivity contribution is 0.0894. The molecule has 0 bridgehead atoms. The third-order valence-electron chi connectivity index (χ3n) is 3.47. The summed E-state index contributed by atoms with van der Waals surface area (Å²) >= 11 is 0. The largest absolute Gasteiger partial charge is 0.305 e. The Morgan fingerprint density at radius 2 is 2.11 bits per heavy atom. The van der Waals surface area contributed by atoms with Crippen molar-refractivity contribution in [3.05, 3.63) is 35.4 Å². The maximum absolute atomic E-state index is 12.3. The van der Waals surface area contributed by atoms with Crippen molar-refractivity contribution in [1.29, 1.82) is 0 Å². The van der Waals surface area contributed by atoms with E-state index in [1.807, 2.05) is 12.1 Å². The molecule has 3 nitrogen and oxygen atoms in total. The molecule has 18 heavy (non-hydrogen) atoms. The number of Topliss-reactive ketones (excluding diaryl/α,β-unsaturated/α-hetero) is 1. The summed E-state index contributed by atoms with van der Waals surface area (Å²) in [6.45, 7) is 4.87. The van der Waals surface area contributed by atoms with Gasteiger partial charge in [0, 0.05) is 25.2 Å². The highest BCUT2D eigenvalue weighted by atomic mass is 16.1. The second kappa shape index (κ2) is 6.12. The van der Waals surface area contributed by atoms with Crippen molar-refractivity contribution in [3.63, 3.8) is 0 Å². The number of benzene rings is 1. The second-order valence-corrected chi connectivity index (χ2v) is 5.08. The number of hydrogen-bond donors (Lipinski definition) is 1. The van der Waals surface area contributed by atoms with Crippen LogP contribution < -0.4 is 5.32 Å². The Morgan fingerprint density at radius 3 is 2.72 bits per heavy atom. The molecule has 98 valence electrons. The maximum atomic E-state index is 12.3. The van der Waals surface area contributed by atoms with Crippen LogP contribution in [0.2, 0.25) is 0 Å². The predicted octanol–water partition coefficient (Wildman–Crippen LogP) is 1.73. The number of nitrogens with one attached hydrogen (secondary N) is 1. The van der Waals surface area contributed by atoms with Gasteiger partial charge in [0.15, 0.2) is 5.78 Å². The van der Waals surface area contributed by atoms with Crippen molar-refractivity contribution in [1.82, 2.24) is 10.2 Å². The normalized spacial score (nSPS) is 20.9. The van der Waals surface area contributed by atoms with Crippen molar-refractivity contribution in [2.24, 2.45) is 0 Å². The molecular formula is C15H22N2O. The van der Waals surface area contributed by atoms with E-state index in [4.69, 9.17) is 0 Å². The van der Waals surface area contributed by atoms with Crippen LogP contribution >= 0.6 is 0 Å². The fraction of sp³-hybridized carbons (Fsp3) is 0.533. The smallest absolute Gasteiger partial charge is 0.181 e. The van der Waals surface area contributed by atoms with Crippen LogP contribution in [-0.4, -0.2) is 43.4 Å². The average Bonchev–Trinajstić information content (AvgIpc) is 2.39. The quantitative estimate of drug-likeness (QED) is 0.821. The monoisotopic (exact) mass is 246 g/mol. The van der Waals surface area contributed by atoms with Crippen LogP contribution in [0.3, 0.4) is 0 Å². The average molecular weight is 246 g/mol. The van der Waals surface area contributed by atoms with Gasteiger partial charge in [-0.05, 0) is 19.0 Å². The Labute approximate surface area is 109 Å². The number of carbonyl (C=O) groups excluding carboxylic acids is 1. The molecule has 1 aliphatic heterocycles. The zero-order valence-corrected chi connectivity index (χ0v) is 11.3. The minimum atomic E-state index is -0.0548. The van der Waals surface area contributed by atoms with Crippen molar-refractivity contribution >= 4 is 5.78 Å².